The van der Waals surface area contributed by atoms with Crippen LogP contribution in [0.5, 0.6) is 0 Å². The van der Waals surface area contributed by atoms with E-state index in [4.69, 9.17) is 15.1 Å². The van der Waals surface area contributed by atoms with Crippen LogP contribution < -0.4 is 45.0 Å². The number of ketones is 1. The summed E-state index contributed by atoms with van der Waals surface area (Å²) in [6.07, 6.45) is 5.33. The number of benzene rings is 2. The van der Waals surface area contributed by atoms with Gasteiger partial charge in [-0.3, -0.25) is 9.59 Å². The third-order valence-corrected chi connectivity index (χ3v) is 5.40. The fourth-order valence-corrected chi connectivity index (χ4v) is 3.86. The summed E-state index contributed by atoms with van der Waals surface area (Å²) in [4.78, 5) is 32.8. The maximum atomic E-state index is 11.4. The Morgan fingerprint density at radius 3 is 2.09 bits per heavy atom. The molecule has 1 aliphatic carbocycles. The Kier molecular flexibility index (Phi) is 17.2. The molecule has 0 radical (unpaired) electrons. The molecular formula is C22H24Br2ClN2NaO5. The largest absolute Gasteiger partial charge is 1.00 e. The molecule has 1 heterocycles. The fraction of sp³-hybridized carbons (Fsp3) is 0.318. The molecule has 3 N–H and O–H groups in total. The molecule has 0 aromatic heterocycles. The van der Waals surface area contributed by atoms with Crippen molar-refractivity contribution in [2.24, 2.45) is 0 Å². The van der Waals surface area contributed by atoms with E-state index in [1.165, 1.54) is 16.1 Å². The van der Waals surface area contributed by atoms with Crippen LogP contribution in [-0.4, -0.2) is 22.9 Å². The number of Topliss-reactive ketones (excluding diaryl/α,β-unsaturated/α-hetero) is 1. The van der Waals surface area contributed by atoms with E-state index in [-0.39, 0.29) is 41.2 Å². The minimum Gasteiger partial charge on any atom is -0.550 e. The van der Waals surface area contributed by atoms with Gasteiger partial charge in [-0.1, -0.05) is 44.0 Å². The number of hydrogen-bond donors (Lipinski definition) is 3. The number of amides is 1. The van der Waals surface area contributed by atoms with Crippen LogP contribution in [0.15, 0.2) is 45.3 Å². The van der Waals surface area contributed by atoms with Gasteiger partial charge in [0, 0.05) is 50.8 Å². The number of anilines is 1. The molecule has 7 nitrogen and oxygen atoms in total. The minimum absolute atomic E-state index is 0. The molecule has 0 atom stereocenters. The van der Waals surface area contributed by atoms with Crippen LogP contribution in [0.1, 0.15) is 54.1 Å². The molecule has 11 heteroatoms. The first-order valence-corrected chi connectivity index (χ1v) is 11.7. The number of fused-ring (bicyclic) bond motifs is 2. The number of carbonyl (C=O) groups is 3. The van der Waals surface area contributed by atoms with Crippen LogP contribution in [0.25, 0.3) is 0 Å². The molecule has 0 spiro atoms. The molecule has 174 valence electrons. The van der Waals surface area contributed by atoms with Crippen molar-refractivity contribution < 1.29 is 54.3 Å². The average Bonchev–Trinajstić information content (AvgIpc) is 2.89. The van der Waals surface area contributed by atoms with E-state index in [2.05, 4.69) is 55.0 Å². The van der Waals surface area contributed by atoms with Crippen molar-refractivity contribution in [3.63, 3.8) is 0 Å². The van der Waals surface area contributed by atoms with E-state index in [9.17, 15) is 9.59 Å². The Bertz CT molecular complexity index is 943. The van der Waals surface area contributed by atoms with Gasteiger partial charge in [0.2, 0.25) is 5.91 Å². The summed E-state index contributed by atoms with van der Waals surface area (Å²) in [5, 5.41) is 18.9. The molecule has 2 aromatic carbocycles. The zero-order valence-electron chi connectivity index (χ0n) is 18.4. The summed E-state index contributed by atoms with van der Waals surface area (Å²) >= 11 is 11.1. The molecule has 0 fully saturated rings. The van der Waals surface area contributed by atoms with Crippen LogP contribution in [0.3, 0.4) is 0 Å². The first-order valence-electron chi connectivity index (χ1n) is 9.75. The van der Waals surface area contributed by atoms with Crippen molar-refractivity contribution in [1.29, 1.82) is 0 Å². The smallest absolute Gasteiger partial charge is 0.550 e. The van der Waals surface area contributed by atoms with Crippen LogP contribution >= 0.6 is 43.6 Å². The predicted octanol–water partition coefficient (Wildman–Crippen LogP) is 1.57. The molecule has 0 bridgehead atoms. The number of carboxylic acids is 1. The van der Waals surface area contributed by atoms with Gasteiger partial charge in [-0.25, -0.2) is 0 Å². The second-order valence-electron chi connectivity index (χ2n) is 6.86. The van der Waals surface area contributed by atoms with Gasteiger partial charge in [0.1, 0.15) is 0 Å². The molecule has 2 aliphatic rings. The van der Waals surface area contributed by atoms with Gasteiger partial charge in [-0.2, -0.15) is 0 Å². The quantitative estimate of drug-likeness (QED) is 0.236. The third-order valence-electron chi connectivity index (χ3n) is 4.42. The van der Waals surface area contributed by atoms with Crippen molar-refractivity contribution in [1.82, 2.24) is 5.00 Å². The number of rotatable bonds is 0. The number of aryl methyl sites for hydroxylation is 2. The first-order chi connectivity index (χ1) is 15.2. The van der Waals surface area contributed by atoms with Gasteiger partial charge in [0.25, 0.3) is 0 Å². The van der Waals surface area contributed by atoms with Crippen molar-refractivity contribution >= 4 is 67.0 Å². The number of carboxylic acid groups (broad SMARTS) is 1. The van der Waals surface area contributed by atoms with Gasteiger partial charge in [0.05, 0.1) is 0 Å². The third kappa shape index (κ3) is 13.0. The molecular weight excluding hydrogens is 591 g/mol. The summed E-state index contributed by atoms with van der Waals surface area (Å²) in [7, 11) is 0. The van der Waals surface area contributed by atoms with Crippen molar-refractivity contribution in [2.45, 2.75) is 45.4 Å². The Balaban J connectivity index is 0.000000477. The number of hydrogen-bond acceptors (Lipinski definition) is 6. The van der Waals surface area contributed by atoms with Crippen molar-refractivity contribution in [3.8, 4) is 0 Å². The van der Waals surface area contributed by atoms with E-state index in [0.717, 1.165) is 52.8 Å². The van der Waals surface area contributed by atoms with Crippen LogP contribution in [0, 0.1) is 0 Å². The zero-order valence-corrected chi connectivity index (χ0v) is 24.3. The molecule has 0 saturated heterocycles. The zero-order chi connectivity index (χ0) is 24.1. The molecule has 0 unspecified atom stereocenters. The topological polar surface area (TPSA) is 119 Å². The fourth-order valence-electron chi connectivity index (χ4n) is 3.14. The second kappa shape index (κ2) is 17.6. The predicted molar refractivity (Wildman–Crippen MR) is 129 cm³/mol. The number of carbonyl (C=O) groups excluding carboxylic acids is 3. The Morgan fingerprint density at radius 2 is 1.48 bits per heavy atom. The summed E-state index contributed by atoms with van der Waals surface area (Å²) in [6, 6.07) is 12.0. The monoisotopic (exact) mass is 612 g/mol. The normalized spacial score (nSPS) is 13.4. The molecule has 1 aliphatic heterocycles. The summed E-state index contributed by atoms with van der Waals surface area (Å²) in [6.45, 7) is 0.972. The number of halogens is 3. The first kappa shape index (κ1) is 32.2. The van der Waals surface area contributed by atoms with E-state index in [0.29, 0.717) is 12.8 Å². The van der Waals surface area contributed by atoms with Crippen LogP contribution in [0.2, 0.25) is 0 Å². The van der Waals surface area contributed by atoms with E-state index < -0.39 is 5.97 Å². The summed E-state index contributed by atoms with van der Waals surface area (Å²) < 4.78 is 2.00. The summed E-state index contributed by atoms with van der Waals surface area (Å²) in [5.74, 6) is -0.672. The molecule has 33 heavy (non-hydrogen) atoms. The molecule has 1 amide bonds. The van der Waals surface area contributed by atoms with Crippen molar-refractivity contribution in [3.05, 3.63) is 62.0 Å². The Morgan fingerprint density at radius 1 is 1.00 bits per heavy atom. The van der Waals surface area contributed by atoms with Gasteiger partial charge in [0.15, 0.2) is 5.78 Å². The van der Waals surface area contributed by atoms with Gasteiger partial charge < -0.3 is 20.4 Å². The van der Waals surface area contributed by atoms with Crippen LogP contribution in [-0.2, 0) is 22.4 Å². The van der Waals surface area contributed by atoms with E-state index >= 15 is 0 Å². The van der Waals surface area contributed by atoms with E-state index in [1.54, 1.807) is 0 Å². The standard InChI is InChI=1S/C10H10BrNO.C10H9BrO.C2H4O2.ClH2NO.Na/c11-8-5-4-7-2-1-3-10(13)12-9(7)6-8;11-8-5-4-7-2-1-3-10(12)9(7)6-8;1-2(3)4;1-2-3;/h4-6H,1-3H2,(H,12,13);4-6H,1-3H2;1H3,(H,3,4);2-3H;/q;;;;+1/p-1. The molecule has 0 saturated carbocycles. The van der Waals surface area contributed by atoms with Gasteiger partial charge in [-0.05, 0) is 68.0 Å². The Hall–Kier alpha value is -0.780. The second-order valence-corrected chi connectivity index (χ2v) is 8.86. The van der Waals surface area contributed by atoms with Crippen molar-refractivity contribution in [2.75, 3.05) is 5.32 Å². The average molecular weight is 615 g/mol. The maximum absolute atomic E-state index is 11.4. The van der Waals surface area contributed by atoms with Crippen LogP contribution in [0.4, 0.5) is 5.69 Å². The number of nitrogens with one attached hydrogen (secondary N) is 2. The maximum Gasteiger partial charge on any atom is 1.00 e. The molecule has 4 rings (SSSR count). The Labute approximate surface area is 237 Å². The van der Waals surface area contributed by atoms with Gasteiger partial charge >= 0.3 is 29.6 Å². The summed E-state index contributed by atoms with van der Waals surface area (Å²) in [5.41, 5.74) is 4.30. The molecule has 2 aromatic rings. The SMILES string of the molecule is CC(=O)[O-].O=C1CCCc2ccc(Br)cc21.O=C1CCCc2ccc(Br)cc2N1.ONCl.[Na+]. The number of aliphatic carboxylic acids is 1. The minimum atomic E-state index is -1.08. The van der Waals surface area contributed by atoms with E-state index in [1.807, 2.05) is 30.3 Å². The van der Waals surface area contributed by atoms with Gasteiger partial charge in [-0.15, -0.1) is 5.00 Å².